The normalized spacial score (nSPS) is 21.6. The van der Waals surface area contributed by atoms with Gasteiger partial charge in [-0.25, -0.2) is 5.84 Å². The quantitative estimate of drug-likeness (QED) is 0.251. The van der Waals surface area contributed by atoms with Gasteiger partial charge >= 0.3 is 0 Å². The van der Waals surface area contributed by atoms with Gasteiger partial charge in [-0.15, -0.1) is 0 Å². The molecule has 1 aliphatic rings. The minimum absolute atomic E-state index is 0.196. The van der Waals surface area contributed by atoms with Gasteiger partial charge in [0.15, 0.2) is 0 Å². The molecule has 0 heterocycles. The van der Waals surface area contributed by atoms with Crippen LogP contribution in [-0.2, 0) is 0 Å². The lowest BCUT2D eigenvalue weighted by Crippen LogP contribution is -2.46. The molecule has 0 radical (unpaired) electrons. The van der Waals surface area contributed by atoms with Crippen LogP contribution in [0.2, 0.25) is 0 Å². The molecule has 0 aromatic carbocycles. The molecule has 0 unspecified atom stereocenters. The first kappa shape index (κ1) is 11.3. The standard InChI is InChI=1S/C9H21N5/c1-14(2)9(5-3-4-6-9)7-12-8(10)13-11/h3-7,11H2,1-2H3,(H3,10,12,13). The van der Waals surface area contributed by atoms with Gasteiger partial charge in [-0.3, -0.25) is 10.4 Å². The van der Waals surface area contributed by atoms with Gasteiger partial charge in [0.2, 0.25) is 5.96 Å². The maximum Gasteiger partial charge on any atom is 0.203 e. The van der Waals surface area contributed by atoms with Crippen molar-refractivity contribution in [3.63, 3.8) is 0 Å². The Kier molecular flexibility index (Phi) is 3.71. The largest absolute Gasteiger partial charge is 0.369 e. The summed E-state index contributed by atoms with van der Waals surface area (Å²) >= 11 is 0. The predicted molar refractivity (Wildman–Crippen MR) is 58.7 cm³/mol. The van der Waals surface area contributed by atoms with Crippen molar-refractivity contribution in [1.82, 2.24) is 10.3 Å². The fourth-order valence-electron chi connectivity index (χ4n) is 2.06. The summed E-state index contributed by atoms with van der Waals surface area (Å²) in [5, 5.41) is 0. The van der Waals surface area contributed by atoms with Crippen LogP contribution in [0.5, 0.6) is 0 Å². The Morgan fingerprint density at radius 2 is 2.00 bits per heavy atom. The molecule has 82 valence electrons. The maximum absolute atomic E-state index is 5.51. The highest BCUT2D eigenvalue weighted by atomic mass is 15.3. The van der Waals surface area contributed by atoms with Crippen LogP contribution < -0.4 is 17.0 Å². The highest BCUT2D eigenvalue weighted by molar-refractivity contribution is 5.77. The first-order chi connectivity index (χ1) is 6.60. The number of nitrogens with one attached hydrogen (secondary N) is 1. The summed E-state index contributed by atoms with van der Waals surface area (Å²) in [6.45, 7) is 0.732. The van der Waals surface area contributed by atoms with Crippen LogP contribution in [-0.4, -0.2) is 37.0 Å². The van der Waals surface area contributed by atoms with E-state index in [9.17, 15) is 0 Å². The molecule has 1 saturated carbocycles. The molecule has 0 saturated heterocycles. The zero-order chi connectivity index (χ0) is 10.6. The van der Waals surface area contributed by atoms with Gasteiger partial charge in [-0.05, 0) is 26.9 Å². The third-order valence-electron chi connectivity index (χ3n) is 3.17. The van der Waals surface area contributed by atoms with Crippen molar-refractivity contribution < 1.29 is 0 Å². The van der Waals surface area contributed by atoms with E-state index in [1.807, 2.05) is 0 Å². The van der Waals surface area contributed by atoms with Gasteiger partial charge in [-0.1, -0.05) is 12.8 Å². The topological polar surface area (TPSA) is 79.7 Å². The second kappa shape index (κ2) is 4.61. The number of guanidine groups is 1. The van der Waals surface area contributed by atoms with Crippen LogP contribution in [0.15, 0.2) is 4.99 Å². The highest BCUT2D eigenvalue weighted by Crippen LogP contribution is 2.33. The van der Waals surface area contributed by atoms with Crippen molar-refractivity contribution in [3.05, 3.63) is 0 Å². The Balaban J connectivity index is 2.61. The summed E-state index contributed by atoms with van der Waals surface area (Å²) < 4.78 is 0. The molecule has 0 aliphatic heterocycles. The van der Waals surface area contributed by atoms with Gasteiger partial charge in [0.1, 0.15) is 0 Å². The third kappa shape index (κ3) is 2.36. The van der Waals surface area contributed by atoms with Crippen LogP contribution in [0.25, 0.3) is 0 Å². The molecule has 5 nitrogen and oxygen atoms in total. The van der Waals surface area contributed by atoms with Gasteiger partial charge in [0, 0.05) is 5.54 Å². The Labute approximate surface area is 85.5 Å². The molecule has 0 amide bonds. The minimum atomic E-state index is 0.196. The Hall–Kier alpha value is -0.810. The first-order valence-corrected chi connectivity index (χ1v) is 5.05. The number of rotatable bonds is 3. The Morgan fingerprint density at radius 3 is 2.43 bits per heavy atom. The van der Waals surface area contributed by atoms with E-state index in [1.165, 1.54) is 25.7 Å². The second-order valence-corrected chi connectivity index (χ2v) is 4.17. The lowest BCUT2D eigenvalue weighted by atomic mass is 9.96. The number of nitrogens with zero attached hydrogens (tertiary/aromatic N) is 2. The molecule has 5 N–H and O–H groups in total. The van der Waals surface area contributed by atoms with Crippen LogP contribution in [0.3, 0.4) is 0 Å². The van der Waals surface area contributed by atoms with E-state index in [-0.39, 0.29) is 5.54 Å². The van der Waals surface area contributed by atoms with Gasteiger partial charge in [0.05, 0.1) is 6.54 Å². The molecule has 1 rings (SSSR count). The maximum atomic E-state index is 5.51. The lowest BCUT2D eigenvalue weighted by Gasteiger charge is -2.34. The SMILES string of the molecule is CN(C)C1(CN=C(N)NN)CCCC1. The number of aliphatic imine (C=N–C) groups is 1. The van der Waals surface area contributed by atoms with E-state index < -0.39 is 0 Å². The molecule has 0 aromatic rings. The van der Waals surface area contributed by atoms with Crippen molar-refractivity contribution >= 4 is 5.96 Å². The summed E-state index contributed by atoms with van der Waals surface area (Å²) in [7, 11) is 4.21. The summed E-state index contributed by atoms with van der Waals surface area (Å²) in [6.07, 6.45) is 4.95. The fraction of sp³-hybridized carbons (Fsp3) is 0.889. The predicted octanol–water partition coefficient (Wildman–Crippen LogP) is -0.361. The summed E-state index contributed by atoms with van der Waals surface area (Å²) in [5.74, 6) is 5.47. The highest BCUT2D eigenvalue weighted by Gasteiger charge is 2.35. The Bertz CT molecular complexity index is 205. The first-order valence-electron chi connectivity index (χ1n) is 5.05. The zero-order valence-corrected chi connectivity index (χ0v) is 9.08. The van der Waals surface area contributed by atoms with E-state index in [2.05, 4.69) is 29.4 Å². The molecule has 0 bridgehead atoms. The molecule has 14 heavy (non-hydrogen) atoms. The smallest absolute Gasteiger partial charge is 0.203 e. The number of hydrogen-bond donors (Lipinski definition) is 3. The summed E-state index contributed by atoms with van der Waals surface area (Å²) in [5.41, 5.74) is 8.06. The van der Waals surface area contributed by atoms with Gasteiger partial charge in [0.25, 0.3) is 0 Å². The third-order valence-corrected chi connectivity index (χ3v) is 3.17. The number of hydrazine groups is 1. The van der Waals surface area contributed by atoms with E-state index in [1.54, 1.807) is 0 Å². The van der Waals surface area contributed by atoms with Crippen molar-refractivity contribution in [3.8, 4) is 0 Å². The molecule has 0 atom stereocenters. The number of likely N-dealkylation sites (N-methyl/N-ethyl adjacent to an activating group) is 1. The molecule has 0 aromatic heterocycles. The molecule has 0 spiro atoms. The van der Waals surface area contributed by atoms with Crippen molar-refractivity contribution in [1.29, 1.82) is 0 Å². The average molecular weight is 199 g/mol. The van der Waals surface area contributed by atoms with Crippen LogP contribution in [0.4, 0.5) is 0 Å². The van der Waals surface area contributed by atoms with Crippen molar-refractivity contribution in [2.45, 2.75) is 31.2 Å². The van der Waals surface area contributed by atoms with Crippen LogP contribution >= 0.6 is 0 Å². The lowest BCUT2D eigenvalue weighted by molar-refractivity contribution is 0.167. The monoisotopic (exact) mass is 199 g/mol. The van der Waals surface area contributed by atoms with E-state index in [4.69, 9.17) is 11.6 Å². The average Bonchev–Trinajstić information content (AvgIpc) is 2.64. The summed E-state index contributed by atoms with van der Waals surface area (Å²) in [4.78, 5) is 6.49. The van der Waals surface area contributed by atoms with Crippen LogP contribution in [0.1, 0.15) is 25.7 Å². The minimum Gasteiger partial charge on any atom is -0.369 e. The summed E-state index contributed by atoms with van der Waals surface area (Å²) in [6, 6.07) is 0. The van der Waals surface area contributed by atoms with Crippen molar-refractivity contribution in [2.24, 2.45) is 16.6 Å². The molecular weight excluding hydrogens is 178 g/mol. The van der Waals surface area contributed by atoms with Gasteiger partial charge in [-0.2, -0.15) is 0 Å². The molecule has 1 fully saturated rings. The second-order valence-electron chi connectivity index (χ2n) is 4.17. The van der Waals surface area contributed by atoms with Crippen molar-refractivity contribution in [2.75, 3.05) is 20.6 Å². The zero-order valence-electron chi connectivity index (χ0n) is 9.08. The molecule has 5 heteroatoms. The van der Waals surface area contributed by atoms with E-state index in [0.717, 1.165) is 6.54 Å². The fourth-order valence-corrected chi connectivity index (χ4v) is 2.06. The molecule has 1 aliphatic carbocycles. The van der Waals surface area contributed by atoms with E-state index >= 15 is 0 Å². The molecular formula is C9H21N5. The number of hydrogen-bond acceptors (Lipinski definition) is 3. The Morgan fingerprint density at radius 1 is 1.43 bits per heavy atom. The number of nitrogens with two attached hydrogens (primary N) is 2. The van der Waals surface area contributed by atoms with Gasteiger partial charge < -0.3 is 10.6 Å². The van der Waals surface area contributed by atoms with Crippen LogP contribution in [0, 0.1) is 0 Å². The van der Waals surface area contributed by atoms with E-state index in [0.29, 0.717) is 5.96 Å².